The molecule has 0 aliphatic rings. The topological polar surface area (TPSA) is 70.2 Å². The molecule has 0 fully saturated rings. The Kier molecular flexibility index (Phi) is 6.65. The second kappa shape index (κ2) is 9.14. The maximum atomic E-state index is 3.78. The third kappa shape index (κ3) is 7.02. The highest BCUT2D eigenvalue weighted by atomic mass is 15.1. The summed E-state index contributed by atoms with van der Waals surface area (Å²) < 4.78 is 0. The molecule has 0 atom stereocenters. The van der Waals surface area contributed by atoms with Gasteiger partial charge in [0.25, 0.3) is 0 Å². The van der Waals surface area contributed by atoms with Crippen molar-refractivity contribution in [3.63, 3.8) is 0 Å². The summed E-state index contributed by atoms with van der Waals surface area (Å²) in [5.74, 6) is 0. The molecule has 0 amide bonds. The summed E-state index contributed by atoms with van der Waals surface area (Å²) in [7, 11) is 0. The Morgan fingerprint density at radius 1 is 0.562 bits per heavy atom. The number of hydrogen-bond acceptors (Lipinski definition) is 3. The summed E-state index contributed by atoms with van der Waals surface area (Å²) in [4.78, 5) is 3.78. The SMILES string of the molecule is c1ccncc1.c1cn[nH]c1.c1cn[nH]c1. The number of rotatable bonds is 0. The molecule has 3 rings (SSSR count). The first-order valence-corrected chi connectivity index (χ1v) is 4.72. The lowest BCUT2D eigenvalue weighted by Gasteiger charge is -1.70. The van der Waals surface area contributed by atoms with E-state index in [4.69, 9.17) is 0 Å². The van der Waals surface area contributed by atoms with Gasteiger partial charge in [0, 0.05) is 37.2 Å². The van der Waals surface area contributed by atoms with Crippen molar-refractivity contribution in [3.05, 3.63) is 67.5 Å². The van der Waals surface area contributed by atoms with Crippen molar-refractivity contribution in [2.24, 2.45) is 0 Å². The standard InChI is InChI=1S/C5H5N.2C3H4N2/c1-2-4-6-5-3-1;2*1-2-4-5-3-1/h1-5H;2*1-3H,(H,4,5). The Labute approximate surface area is 93.6 Å². The Hall–Kier alpha value is -2.43. The predicted octanol–water partition coefficient (Wildman–Crippen LogP) is 1.90. The molecule has 0 aliphatic carbocycles. The fourth-order valence-electron chi connectivity index (χ4n) is 0.743. The quantitative estimate of drug-likeness (QED) is 0.601. The van der Waals surface area contributed by atoms with Crippen LogP contribution in [0.1, 0.15) is 0 Å². The van der Waals surface area contributed by atoms with Gasteiger partial charge in [0.1, 0.15) is 0 Å². The zero-order chi connectivity index (χ0) is 11.3. The van der Waals surface area contributed by atoms with E-state index in [0.29, 0.717) is 0 Å². The van der Waals surface area contributed by atoms with Crippen LogP contribution in [0.25, 0.3) is 0 Å². The molecule has 82 valence electrons. The number of nitrogens with one attached hydrogen (secondary N) is 2. The highest BCUT2D eigenvalue weighted by Gasteiger charge is 1.58. The number of nitrogens with zero attached hydrogens (tertiary/aromatic N) is 3. The minimum atomic E-state index is 1.69. The molecule has 16 heavy (non-hydrogen) atoms. The van der Waals surface area contributed by atoms with E-state index in [1.807, 2.05) is 30.3 Å². The number of aromatic nitrogens is 5. The van der Waals surface area contributed by atoms with Crippen LogP contribution in [0.4, 0.5) is 0 Å². The second-order valence-corrected chi connectivity index (χ2v) is 2.56. The molecule has 3 aromatic rings. The van der Waals surface area contributed by atoms with Crippen LogP contribution in [0, 0.1) is 0 Å². The Balaban J connectivity index is 0.000000121. The van der Waals surface area contributed by atoms with E-state index in [-0.39, 0.29) is 0 Å². The number of pyridine rings is 1. The Morgan fingerprint density at radius 3 is 1.25 bits per heavy atom. The highest BCUT2D eigenvalue weighted by molar-refractivity contribution is 4.88. The zero-order valence-electron chi connectivity index (χ0n) is 8.69. The number of hydrogen-bond donors (Lipinski definition) is 2. The smallest absolute Gasteiger partial charge is 0.0487 e. The van der Waals surface area contributed by atoms with E-state index >= 15 is 0 Å². The average Bonchev–Trinajstić information content (AvgIpc) is 3.10. The fourth-order valence-corrected chi connectivity index (χ4v) is 0.743. The highest BCUT2D eigenvalue weighted by Crippen LogP contribution is 1.73. The third-order valence-corrected chi connectivity index (χ3v) is 1.38. The van der Waals surface area contributed by atoms with Gasteiger partial charge in [-0.05, 0) is 24.3 Å². The van der Waals surface area contributed by atoms with Gasteiger partial charge in [-0.3, -0.25) is 15.2 Å². The first kappa shape index (κ1) is 11.6. The lowest BCUT2D eigenvalue weighted by molar-refractivity contribution is 1.09. The molecule has 0 aromatic carbocycles. The van der Waals surface area contributed by atoms with Crippen LogP contribution < -0.4 is 0 Å². The predicted molar refractivity (Wildman–Crippen MR) is 61.4 cm³/mol. The van der Waals surface area contributed by atoms with Gasteiger partial charge in [0.15, 0.2) is 0 Å². The van der Waals surface area contributed by atoms with Gasteiger partial charge in [0.2, 0.25) is 0 Å². The molecule has 0 saturated heterocycles. The zero-order valence-corrected chi connectivity index (χ0v) is 8.69. The van der Waals surface area contributed by atoms with Crippen molar-refractivity contribution in [2.75, 3.05) is 0 Å². The van der Waals surface area contributed by atoms with Gasteiger partial charge in [-0.15, -0.1) is 0 Å². The summed E-state index contributed by atoms with van der Waals surface area (Å²) >= 11 is 0. The lowest BCUT2D eigenvalue weighted by Crippen LogP contribution is -1.58. The number of aromatic amines is 2. The van der Waals surface area contributed by atoms with E-state index in [9.17, 15) is 0 Å². The summed E-state index contributed by atoms with van der Waals surface area (Å²) in [6, 6.07) is 9.38. The summed E-state index contributed by atoms with van der Waals surface area (Å²) in [6.07, 6.45) is 10.4. The van der Waals surface area contributed by atoms with E-state index < -0.39 is 0 Å². The van der Waals surface area contributed by atoms with Crippen LogP contribution in [0.2, 0.25) is 0 Å². The molecule has 5 heteroatoms. The van der Waals surface area contributed by atoms with Gasteiger partial charge in [-0.1, -0.05) is 6.07 Å². The van der Waals surface area contributed by atoms with Crippen molar-refractivity contribution in [2.45, 2.75) is 0 Å². The third-order valence-electron chi connectivity index (χ3n) is 1.38. The molecule has 2 N–H and O–H groups in total. The van der Waals surface area contributed by atoms with Crippen molar-refractivity contribution >= 4 is 0 Å². The Bertz CT molecular complexity index is 306. The van der Waals surface area contributed by atoms with Gasteiger partial charge in [0.05, 0.1) is 0 Å². The minimum Gasteiger partial charge on any atom is -0.286 e. The van der Waals surface area contributed by atoms with Gasteiger partial charge < -0.3 is 0 Å². The first-order chi connectivity index (χ1) is 8.00. The monoisotopic (exact) mass is 215 g/mol. The molecule has 0 radical (unpaired) electrons. The molecule has 0 unspecified atom stereocenters. The van der Waals surface area contributed by atoms with E-state index in [1.54, 1.807) is 37.2 Å². The lowest BCUT2D eigenvalue weighted by atomic mass is 10.5. The minimum absolute atomic E-state index is 1.69. The second-order valence-electron chi connectivity index (χ2n) is 2.56. The molecule has 0 saturated carbocycles. The maximum absolute atomic E-state index is 3.78. The van der Waals surface area contributed by atoms with Crippen LogP contribution >= 0.6 is 0 Å². The molecule has 3 aromatic heterocycles. The van der Waals surface area contributed by atoms with Crippen molar-refractivity contribution in [1.29, 1.82) is 0 Å². The largest absolute Gasteiger partial charge is 0.286 e. The average molecular weight is 215 g/mol. The van der Waals surface area contributed by atoms with Gasteiger partial charge >= 0.3 is 0 Å². The normalized spacial score (nSPS) is 8.00. The van der Waals surface area contributed by atoms with Crippen molar-refractivity contribution in [3.8, 4) is 0 Å². The van der Waals surface area contributed by atoms with Crippen LogP contribution in [0.5, 0.6) is 0 Å². The molecule has 0 aliphatic heterocycles. The molecular weight excluding hydrogens is 202 g/mol. The summed E-state index contributed by atoms with van der Waals surface area (Å²) in [6.45, 7) is 0. The molecule has 3 heterocycles. The van der Waals surface area contributed by atoms with Crippen LogP contribution in [0.15, 0.2) is 67.5 Å². The molecular formula is C11H13N5. The van der Waals surface area contributed by atoms with E-state index in [0.717, 1.165) is 0 Å². The summed E-state index contributed by atoms with van der Waals surface area (Å²) in [5.41, 5.74) is 0. The van der Waals surface area contributed by atoms with Crippen LogP contribution in [-0.4, -0.2) is 25.4 Å². The summed E-state index contributed by atoms with van der Waals surface area (Å²) in [5, 5.41) is 12.4. The Morgan fingerprint density at radius 2 is 1.12 bits per heavy atom. The van der Waals surface area contributed by atoms with E-state index in [1.165, 1.54) is 0 Å². The first-order valence-electron chi connectivity index (χ1n) is 4.72. The van der Waals surface area contributed by atoms with Crippen LogP contribution in [-0.2, 0) is 0 Å². The fraction of sp³-hybridized carbons (Fsp3) is 0. The van der Waals surface area contributed by atoms with E-state index in [2.05, 4.69) is 25.4 Å². The van der Waals surface area contributed by atoms with Gasteiger partial charge in [-0.2, -0.15) is 10.2 Å². The maximum Gasteiger partial charge on any atom is 0.0487 e. The molecule has 5 nitrogen and oxygen atoms in total. The van der Waals surface area contributed by atoms with Crippen molar-refractivity contribution < 1.29 is 0 Å². The van der Waals surface area contributed by atoms with Crippen molar-refractivity contribution in [1.82, 2.24) is 25.4 Å². The molecule has 0 bridgehead atoms. The van der Waals surface area contributed by atoms with Gasteiger partial charge in [-0.25, -0.2) is 0 Å². The molecule has 0 spiro atoms. The van der Waals surface area contributed by atoms with Crippen LogP contribution in [0.3, 0.4) is 0 Å². The number of H-pyrrole nitrogens is 2.